The van der Waals surface area contributed by atoms with Gasteiger partial charge in [0.05, 0.1) is 12.8 Å². The van der Waals surface area contributed by atoms with Crippen molar-refractivity contribution in [3.05, 3.63) is 53.1 Å². The van der Waals surface area contributed by atoms with Crippen LogP contribution in [-0.4, -0.2) is 44.4 Å². The zero-order valence-corrected chi connectivity index (χ0v) is 21.9. The Bertz CT molecular complexity index is 1470. The molecule has 0 spiro atoms. The highest BCUT2D eigenvalue weighted by Crippen LogP contribution is 2.59. The van der Waals surface area contributed by atoms with Gasteiger partial charge in [0.2, 0.25) is 0 Å². The van der Waals surface area contributed by atoms with E-state index in [1.807, 2.05) is 12.1 Å². The Balaban J connectivity index is 1.57. The minimum Gasteiger partial charge on any atom is -0.496 e. The lowest BCUT2D eigenvalue weighted by atomic mass is 9.81. The summed E-state index contributed by atoms with van der Waals surface area (Å²) in [5.41, 5.74) is 6.58. The highest BCUT2D eigenvalue weighted by Gasteiger charge is 2.45. The number of benzene rings is 2. The van der Waals surface area contributed by atoms with Crippen molar-refractivity contribution in [2.24, 2.45) is 5.92 Å². The van der Waals surface area contributed by atoms with Gasteiger partial charge in [0, 0.05) is 48.2 Å². The normalized spacial score (nSPS) is 21.4. The van der Waals surface area contributed by atoms with E-state index in [2.05, 4.69) is 27.5 Å². The monoisotopic (exact) mass is 507 g/mol. The van der Waals surface area contributed by atoms with Crippen molar-refractivity contribution in [1.29, 1.82) is 0 Å². The molecule has 0 bridgehead atoms. The quantitative estimate of drug-likeness (QED) is 0.526. The van der Waals surface area contributed by atoms with Crippen LogP contribution < -0.4 is 9.46 Å². The molecule has 3 aromatic rings. The number of methoxy groups -OCH3 is 1. The lowest BCUT2D eigenvalue weighted by Crippen LogP contribution is -2.39. The molecule has 1 aliphatic heterocycles. The van der Waals surface area contributed by atoms with Crippen molar-refractivity contribution in [2.75, 3.05) is 21.2 Å². The number of hydrogen-bond donors (Lipinski definition) is 1. The van der Waals surface area contributed by atoms with Crippen LogP contribution in [0.4, 0.5) is 0 Å². The summed E-state index contributed by atoms with van der Waals surface area (Å²) >= 11 is 0. The summed E-state index contributed by atoms with van der Waals surface area (Å²) in [5, 5.41) is 1.18. The molecule has 2 heterocycles. The Hall–Kier alpha value is -2.84. The van der Waals surface area contributed by atoms with Crippen LogP contribution in [-0.2, 0) is 16.8 Å². The molecule has 1 aromatic heterocycles. The first-order valence-electron chi connectivity index (χ1n) is 12.9. The predicted molar refractivity (Wildman–Crippen MR) is 141 cm³/mol. The number of carbonyl (C=O) groups excluding carboxylic acids is 1. The average Bonchev–Trinajstić information content (AvgIpc) is 3.58. The maximum Gasteiger partial charge on any atom is 0.303 e. The summed E-state index contributed by atoms with van der Waals surface area (Å²) in [4.78, 5) is 13.0. The lowest BCUT2D eigenvalue weighted by Gasteiger charge is -2.24. The molecule has 2 aliphatic carbocycles. The molecule has 0 saturated heterocycles. The van der Waals surface area contributed by atoms with Gasteiger partial charge in [-0.2, -0.15) is 12.7 Å². The minimum absolute atomic E-state index is 0.353. The van der Waals surface area contributed by atoms with Crippen LogP contribution in [0.5, 0.6) is 5.75 Å². The molecule has 36 heavy (non-hydrogen) atoms. The average molecular weight is 508 g/mol. The fourth-order valence-corrected chi connectivity index (χ4v) is 6.95. The van der Waals surface area contributed by atoms with E-state index >= 15 is 0 Å². The van der Waals surface area contributed by atoms with Crippen LogP contribution in [0.3, 0.4) is 0 Å². The molecule has 3 aliphatic rings. The van der Waals surface area contributed by atoms with E-state index in [4.69, 9.17) is 4.74 Å². The van der Waals surface area contributed by atoms with Gasteiger partial charge in [0.25, 0.3) is 5.91 Å². The molecule has 2 atom stereocenters. The third-order valence-electron chi connectivity index (χ3n) is 8.33. The lowest BCUT2D eigenvalue weighted by molar-refractivity contribution is 0.0980. The predicted octanol–water partition coefficient (Wildman–Crippen LogP) is 5.02. The maximum atomic E-state index is 13.0. The van der Waals surface area contributed by atoms with Crippen molar-refractivity contribution < 1.29 is 17.9 Å². The van der Waals surface area contributed by atoms with Crippen LogP contribution in [0.1, 0.15) is 71.8 Å². The van der Waals surface area contributed by atoms with E-state index < -0.39 is 16.1 Å². The van der Waals surface area contributed by atoms with E-state index in [1.54, 1.807) is 13.2 Å². The number of nitrogens with one attached hydrogen (secondary N) is 1. The molecule has 0 radical (unpaired) electrons. The molecule has 7 nitrogen and oxygen atoms in total. The van der Waals surface area contributed by atoms with Gasteiger partial charge in [-0.05, 0) is 60.8 Å². The topological polar surface area (TPSA) is 80.6 Å². The Morgan fingerprint density at radius 3 is 2.58 bits per heavy atom. The number of fused-ring (bicyclic) bond motifs is 7. The number of amides is 1. The Labute approximate surface area is 212 Å². The molecule has 2 aromatic carbocycles. The van der Waals surface area contributed by atoms with Gasteiger partial charge >= 0.3 is 10.2 Å². The summed E-state index contributed by atoms with van der Waals surface area (Å²) < 4.78 is 36.0. The van der Waals surface area contributed by atoms with Crippen LogP contribution in [0.15, 0.2) is 36.4 Å². The zero-order valence-electron chi connectivity index (χ0n) is 21.1. The number of ether oxygens (including phenoxy) is 1. The van der Waals surface area contributed by atoms with Crippen molar-refractivity contribution >= 4 is 27.0 Å². The van der Waals surface area contributed by atoms with Gasteiger partial charge in [-0.1, -0.05) is 37.5 Å². The van der Waals surface area contributed by atoms with Crippen molar-refractivity contribution in [3.63, 3.8) is 0 Å². The second kappa shape index (κ2) is 8.63. The highest BCUT2D eigenvalue weighted by molar-refractivity contribution is 7.87. The standard InChI is InChI=1S/C28H33N3O4S/c1-30(2)36(33,34)29-28(32)18-12-13-20-23(15-18)31-16-19-14-22(19)26-21(10-7-11-24(26)35-3)27(31)25(20)17-8-5-4-6-9-17/h7,10-13,15,17,19,22H,4-6,8-9,14,16H2,1-3H3,(H,29,32). The summed E-state index contributed by atoms with van der Waals surface area (Å²) in [6, 6.07) is 12.1. The van der Waals surface area contributed by atoms with Gasteiger partial charge < -0.3 is 9.30 Å². The zero-order chi connectivity index (χ0) is 25.2. The van der Waals surface area contributed by atoms with Gasteiger partial charge in [-0.25, -0.2) is 4.72 Å². The molecule has 2 saturated carbocycles. The van der Waals surface area contributed by atoms with E-state index in [0.717, 1.165) is 28.5 Å². The molecule has 2 fully saturated rings. The number of hydrogen-bond acceptors (Lipinski definition) is 4. The van der Waals surface area contributed by atoms with Gasteiger partial charge in [-0.3, -0.25) is 4.79 Å². The van der Waals surface area contributed by atoms with Gasteiger partial charge in [0.15, 0.2) is 0 Å². The van der Waals surface area contributed by atoms with Crippen LogP contribution >= 0.6 is 0 Å². The summed E-state index contributed by atoms with van der Waals surface area (Å²) in [6.45, 7) is 0.891. The molecule has 190 valence electrons. The first-order chi connectivity index (χ1) is 17.3. The van der Waals surface area contributed by atoms with Crippen molar-refractivity contribution in [3.8, 4) is 17.0 Å². The summed E-state index contributed by atoms with van der Waals surface area (Å²) in [6.07, 6.45) is 7.21. The molecule has 2 unspecified atom stereocenters. The van der Waals surface area contributed by atoms with E-state index in [-0.39, 0.29) is 0 Å². The maximum absolute atomic E-state index is 13.0. The van der Waals surface area contributed by atoms with Gasteiger partial charge in [-0.15, -0.1) is 0 Å². The molecule has 6 rings (SSSR count). The Morgan fingerprint density at radius 1 is 1.08 bits per heavy atom. The largest absolute Gasteiger partial charge is 0.496 e. The fourth-order valence-electron chi connectivity index (χ4n) is 6.42. The second-order valence-electron chi connectivity index (χ2n) is 10.7. The molecule has 1 amide bonds. The van der Waals surface area contributed by atoms with Crippen LogP contribution in [0, 0.1) is 5.92 Å². The second-order valence-corrected chi connectivity index (χ2v) is 12.6. The van der Waals surface area contributed by atoms with Crippen LogP contribution in [0.25, 0.3) is 22.2 Å². The number of rotatable bonds is 5. The third-order valence-corrected chi connectivity index (χ3v) is 9.74. The third kappa shape index (κ3) is 3.73. The Morgan fingerprint density at radius 2 is 1.86 bits per heavy atom. The summed E-state index contributed by atoms with van der Waals surface area (Å²) in [5.74, 6) is 1.84. The van der Waals surface area contributed by atoms with Crippen LogP contribution in [0.2, 0.25) is 0 Å². The van der Waals surface area contributed by atoms with Crippen molar-refractivity contribution in [2.45, 2.75) is 56.9 Å². The minimum atomic E-state index is -3.87. The van der Waals surface area contributed by atoms with E-state index in [0.29, 0.717) is 23.3 Å². The SMILES string of the molecule is COc1cccc2c1C1CC1Cn1c-2c(C2CCCCC2)c2ccc(C(=O)NS(=O)(=O)N(C)C)cc21. The highest BCUT2D eigenvalue weighted by atomic mass is 32.2. The fraction of sp³-hybridized carbons (Fsp3) is 0.464. The first kappa shape index (κ1) is 23.6. The number of aromatic nitrogens is 1. The number of nitrogens with zero attached hydrogens (tertiary/aromatic N) is 2. The van der Waals surface area contributed by atoms with E-state index in [1.165, 1.54) is 74.0 Å². The summed E-state index contributed by atoms with van der Waals surface area (Å²) in [7, 11) is 0.687. The molecule has 1 N–H and O–H groups in total. The first-order valence-corrected chi connectivity index (χ1v) is 14.3. The van der Waals surface area contributed by atoms with Gasteiger partial charge in [0.1, 0.15) is 5.75 Å². The smallest absolute Gasteiger partial charge is 0.303 e. The van der Waals surface area contributed by atoms with E-state index in [9.17, 15) is 13.2 Å². The molecular weight excluding hydrogens is 474 g/mol. The van der Waals surface area contributed by atoms with Crippen molar-refractivity contribution in [1.82, 2.24) is 13.6 Å². The number of carbonyl (C=O) groups is 1. The molecule has 8 heteroatoms. The Kier molecular flexibility index (Phi) is 5.64. The molecular formula is C28H33N3O4S.